The van der Waals surface area contributed by atoms with Crippen molar-refractivity contribution in [1.29, 1.82) is 0 Å². The Morgan fingerprint density at radius 2 is 0.667 bits per heavy atom. The maximum atomic E-state index is 4.61. The van der Waals surface area contributed by atoms with Gasteiger partial charge >= 0.3 is 28.2 Å². The van der Waals surface area contributed by atoms with Crippen LogP contribution >= 0.6 is 9.42 Å². The summed E-state index contributed by atoms with van der Waals surface area (Å²) in [5.41, 5.74) is 0. The fourth-order valence-electron chi connectivity index (χ4n) is 0. The minimum absolute atomic E-state index is 0. The van der Waals surface area contributed by atoms with E-state index < -0.39 is 0 Å². The van der Waals surface area contributed by atoms with Crippen molar-refractivity contribution in [2.45, 2.75) is 0 Å². The first-order valence-corrected chi connectivity index (χ1v) is 2.94. The van der Waals surface area contributed by atoms with Crippen LogP contribution in [0.3, 0.4) is 0 Å². The summed E-state index contributed by atoms with van der Waals surface area (Å²) in [6.45, 7) is 0. The van der Waals surface area contributed by atoms with Crippen molar-refractivity contribution < 1.29 is 18.8 Å². The number of halogens is 1. The van der Waals surface area contributed by atoms with Gasteiger partial charge in [-0.15, -0.1) is 0 Å². The van der Waals surface area contributed by atoms with Crippen LogP contribution in [-0.4, -0.2) is 0 Å². The Bertz CT molecular complexity index is 7.51. The molecule has 0 radical (unpaired) electrons. The molecule has 0 unspecified atom stereocenters. The first-order chi connectivity index (χ1) is 1.00. The van der Waals surface area contributed by atoms with Gasteiger partial charge < -0.3 is 24.6 Å². The summed E-state index contributed by atoms with van der Waals surface area (Å²) >= 11 is 1.61. The van der Waals surface area contributed by atoms with Crippen LogP contribution < -0.4 is 24.6 Å². The Balaban J connectivity index is -0.000000000833. The molecule has 0 fully saturated rings. The summed E-state index contributed by atoms with van der Waals surface area (Å²) in [6.07, 6.45) is 0. The summed E-state index contributed by atoms with van der Waals surface area (Å²) < 4.78 is 0. The molecule has 0 aromatic carbocycles. The summed E-state index contributed by atoms with van der Waals surface area (Å²) in [5.74, 6) is 0. The van der Waals surface area contributed by atoms with Gasteiger partial charge in [-0.05, 0) is 0 Å². The summed E-state index contributed by atoms with van der Waals surface area (Å²) in [4.78, 5) is 0. The van der Waals surface area contributed by atoms with Gasteiger partial charge in [-0.1, -0.05) is 0 Å². The van der Waals surface area contributed by atoms with Gasteiger partial charge in [-0.25, -0.2) is 0 Å². The predicted octanol–water partition coefficient (Wildman–Crippen LogP) is 1.33. The second-order valence-corrected chi connectivity index (χ2v) is 0. The second-order valence-electron chi connectivity index (χ2n) is 0. The van der Waals surface area contributed by atoms with E-state index in [9.17, 15) is 0 Å². The van der Waals surface area contributed by atoms with E-state index in [1.54, 1.807) is 18.8 Å². The van der Waals surface area contributed by atoms with Crippen molar-refractivity contribution in [3.05, 3.63) is 0 Å². The molecule has 0 rings (SSSR count). The van der Waals surface area contributed by atoms with Gasteiger partial charge in [-0.3, -0.25) is 0 Å². The average Bonchev–Trinajstić information content (AvgIpc) is 1.00. The van der Waals surface area contributed by atoms with Gasteiger partial charge in [0.2, 0.25) is 0 Å². The minimum atomic E-state index is 0. The first-order valence-electron chi connectivity index (χ1n) is 0.120. The third-order valence-corrected chi connectivity index (χ3v) is 0. The first kappa shape index (κ1) is 69.8. The summed E-state index contributed by atoms with van der Waals surface area (Å²) in [7, 11) is 4.61. The van der Waals surface area contributed by atoms with Crippen molar-refractivity contribution in [1.82, 2.24) is 24.6 Å². The van der Waals surface area contributed by atoms with E-state index in [2.05, 4.69) is 9.42 Å². The molecule has 0 heterocycles. The molecule has 12 N–H and O–H groups in total. The third-order valence-electron chi connectivity index (χ3n) is 0. The van der Waals surface area contributed by atoms with Crippen molar-refractivity contribution >= 4 is 9.42 Å². The van der Waals surface area contributed by atoms with E-state index in [4.69, 9.17) is 0 Å². The molecule has 0 aromatic rings. The van der Waals surface area contributed by atoms with E-state index in [0.29, 0.717) is 0 Å². The van der Waals surface area contributed by atoms with Gasteiger partial charge in [0, 0.05) is 0 Å². The molecule has 0 bridgehead atoms. The summed E-state index contributed by atoms with van der Waals surface area (Å²) in [5, 5.41) is 0. The fourth-order valence-corrected chi connectivity index (χ4v) is 0. The van der Waals surface area contributed by atoms with Crippen molar-refractivity contribution in [2.24, 2.45) is 0 Å². The Morgan fingerprint density at radius 1 is 0.667 bits per heavy atom. The van der Waals surface area contributed by atoms with Crippen molar-refractivity contribution in [2.75, 3.05) is 0 Å². The van der Waals surface area contributed by atoms with Gasteiger partial charge in [0.05, 0.1) is 0 Å². The molecule has 0 aliphatic heterocycles. The van der Waals surface area contributed by atoms with E-state index in [1.165, 1.54) is 0 Å². The quantitative estimate of drug-likeness (QED) is 0.535. The molecule has 49 valence electrons. The SMILES string of the molecule is N.N.N.N.[Cl][Pt]. The van der Waals surface area contributed by atoms with Gasteiger partial charge in [0.15, 0.2) is 0 Å². The molecule has 0 amide bonds. The zero-order valence-corrected chi connectivity index (χ0v) is 6.55. The van der Waals surface area contributed by atoms with Gasteiger partial charge in [0.25, 0.3) is 0 Å². The van der Waals surface area contributed by atoms with Crippen LogP contribution in [0, 0.1) is 0 Å². The Labute approximate surface area is 53.2 Å². The second kappa shape index (κ2) is 202. The van der Waals surface area contributed by atoms with Crippen LogP contribution in [0.25, 0.3) is 0 Å². The number of hydrogen-bond donors (Lipinski definition) is 4. The van der Waals surface area contributed by atoms with Crippen LogP contribution in [0.15, 0.2) is 0 Å². The molecule has 6 heteroatoms. The van der Waals surface area contributed by atoms with Crippen molar-refractivity contribution in [3.63, 3.8) is 0 Å². The standard InChI is InChI=1S/ClH.4H3N.Pt/h1H;4*1H3;/q;;;;;+1/p-1. The Morgan fingerprint density at radius 3 is 0.667 bits per heavy atom. The average molecular weight is 299 g/mol. The Hall–Kier alpha value is 0.818. The normalized spacial score (nSPS) is 1.17. The molecule has 0 aliphatic rings. The van der Waals surface area contributed by atoms with Gasteiger partial charge in [0.1, 0.15) is 0 Å². The molecule has 0 saturated carbocycles. The van der Waals surface area contributed by atoms with E-state index in [0.717, 1.165) is 0 Å². The predicted molar refractivity (Wildman–Crippen MR) is 25.9 cm³/mol. The van der Waals surface area contributed by atoms with Gasteiger partial charge in [-0.2, -0.15) is 0 Å². The third kappa shape index (κ3) is 105. The topological polar surface area (TPSA) is 140 Å². The van der Waals surface area contributed by atoms with Crippen LogP contribution in [0.1, 0.15) is 0 Å². The Kier molecular flexibility index (Phi) is 2350. The van der Waals surface area contributed by atoms with E-state index >= 15 is 0 Å². The molecular weight excluding hydrogens is 287 g/mol. The van der Waals surface area contributed by atoms with Crippen LogP contribution in [0.5, 0.6) is 0 Å². The maximum absolute atomic E-state index is 4.61. The molecule has 0 atom stereocenters. The number of rotatable bonds is 0. The van der Waals surface area contributed by atoms with E-state index in [-0.39, 0.29) is 24.6 Å². The summed E-state index contributed by atoms with van der Waals surface area (Å²) in [6, 6.07) is 0. The van der Waals surface area contributed by atoms with Crippen LogP contribution in [0.4, 0.5) is 0 Å². The van der Waals surface area contributed by atoms with Crippen LogP contribution in [-0.2, 0) is 18.8 Å². The molecule has 0 aromatic heterocycles. The monoisotopic (exact) mass is 298 g/mol. The fraction of sp³-hybridized carbons (Fsp3) is 0. The molecule has 0 aliphatic carbocycles. The molecule has 4 nitrogen and oxygen atoms in total. The van der Waals surface area contributed by atoms with Crippen molar-refractivity contribution in [3.8, 4) is 0 Å². The van der Waals surface area contributed by atoms with E-state index in [1.807, 2.05) is 0 Å². The zero-order chi connectivity index (χ0) is 2.00. The molecule has 6 heavy (non-hydrogen) atoms. The molecule has 0 spiro atoms. The van der Waals surface area contributed by atoms with Crippen LogP contribution in [0.2, 0.25) is 0 Å². The molecular formula is H12ClN4Pt. The molecule has 0 saturated heterocycles. The zero-order valence-electron chi connectivity index (χ0n) is 3.52. The number of hydrogen-bond acceptors (Lipinski definition) is 4.